The second-order valence-corrected chi connectivity index (χ2v) is 12.0. The normalized spacial score (nSPS) is 12.0. The zero-order valence-electron chi connectivity index (χ0n) is 27.5. The Labute approximate surface area is 276 Å². The van der Waals surface area contributed by atoms with Gasteiger partial charge in [-0.15, -0.1) is 0 Å². The zero-order chi connectivity index (χ0) is 33.6. The first-order chi connectivity index (χ1) is 22.7. The van der Waals surface area contributed by atoms with Crippen molar-refractivity contribution in [1.82, 2.24) is 30.0 Å². The van der Waals surface area contributed by atoms with Crippen LogP contribution in [0.5, 0.6) is 0 Å². The molecule has 12 nitrogen and oxygen atoms in total. The molecule has 2 amide bonds. The van der Waals surface area contributed by atoms with Crippen LogP contribution in [0.25, 0.3) is 11.1 Å². The topological polar surface area (TPSA) is 157 Å². The number of hydrogen-bond acceptors (Lipinski definition) is 9. The summed E-state index contributed by atoms with van der Waals surface area (Å²) < 4.78 is 1.74. The minimum atomic E-state index is -0.643. The van der Waals surface area contributed by atoms with E-state index in [2.05, 4.69) is 49.0 Å². The van der Waals surface area contributed by atoms with E-state index < -0.39 is 5.54 Å². The third-order valence-corrected chi connectivity index (χ3v) is 7.45. The summed E-state index contributed by atoms with van der Waals surface area (Å²) >= 11 is 0. The van der Waals surface area contributed by atoms with Gasteiger partial charge in [-0.05, 0) is 57.2 Å². The first kappa shape index (κ1) is 34.6. The van der Waals surface area contributed by atoms with E-state index >= 15 is 0 Å². The Hall–Kier alpha value is -5.28. The fraction of sp³-hybridized carbons (Fsp3) is 0.371. The maximum absolute atomic E-state index is 13.4. The van der Waals surface area contributed by atoms with Crippen LogP contribution in [0.4, 0.5) is 22.4 Å². The molecule has 1 aromatic carbocycles. The fourth-order valence-corrected chi connectivity index (χ4v) is 4.85. The first-order valence-corrected chi connectivity index (χ1v) is 15.9. The summed E-state index contributed by atoms with van der Waals surface area (Å²) in [5.41, 5.74) is 2.54. The lowest BCUT2D eigenvalue weighted by atomic mass is 10.0. The van der Waals surface area contributed by atoms with Gasteiger partial charge in [0.2, 0.25) is 5.95 Å². The highest BCUT2D eigenvalue weighted by Crippen LogP contribution is 2.22. The number of allylic oxidation sites excluding steroid dienone is 1. The third kappa shape index (κ3) is 10.4. The highest BCUT2D eigenvalue weighted by Gasteiger charge is 2.20. The van der Waals surface area contributed by atoms with Crippen molar-refractivity contribution in [2.45, 2.75) is 71.0 Å². The second kappa shape index (κ2) is 16.9. The van der Waals surface area contributed by atoms with E-state index in [0.29, 0.717) is 29.7 Å². The summed E-state index contributed by atoms with van der Waals surface area (Å²) in [6.45, 7) is 6.07. The number of pyridine rings is 1. The van der Waals surface area contributed by atoms with E-state index in [0.717, 1.165) is 48.8 Å². The molecule has 1 atom stereocenters. The van der Waals surface area contributed by atoms with Crippen molar-refractivity contribution < 1.29 is 9.90 Å². The predicted molar refractivity (Wildman–Crippen MR) is 184 cm³/mol. The number of urea groups is 1. The van der Waals surface area contributed by atoms with Crippen molar-refractivity contribution >= 4 is 23.6 Å². The number of benzene rings is 1. The number of unbranched alkanes of at least 4 members (excludes halogenated alkanes) is 1. The van der Waals surface area contributed by atoms with Crippen molar-refractivity contribution in [3.8, 4) is 17.2 Å². The van der Waals surface area contributed by atoms with Gasteiger partial charge in [0.25, 0.3) is 0 Å². The number of hydrogen-bond donors (Lipinski definition) is 4. The standard InChI is InChI=1S/C35H44N10O2/c1-5-12-30(41-33-38-22-28(19-36)32(42-33)43-35(2,3)25-46)15-10-7-11-18-45(34(47)39-20-26-13-8-6-9-14-26)31-17-16-27(21-37-31)29-23-40-44(4)24-29/h6,8-9,11,13-14,16-18,21-24,30,46H,5,7,10,12,15,20,25H2,1-4H3,(H,39,47)(H2,38,41,42,43)/b18-11+/t30-/m1/s1. The molecule has 0 saturated carbocycles. The Kier molecular flexibility index (Phi) is 12.4. The number of rotatable bonds is 16. The van der Waals surface area contributed by atoms with Gasteiger partial charge in [0.15, 0.2) is 0 Å². The van der Waals surface area contributed by atoms with Gasteiger partial charge in [-0.3, -0.25) is 9.58 Å². The van der Waals surface area contributed by atoms with Crippen LogP contribution in [0.1, 0.15) is 64.0 Å². The molecule has 0 bridgehead atoms. The zero-order valence-corrected chi connectivity index (χ0v) is 27.5. The highest BCUT2D eigenvalue weighted by atomic mass is 16.3. The lowest BCUT2D eigenvalue weighted by Gasteiger charge is -2.25. The lowest BCUT2D eigenvalue weighted by Crippen LogP contribution is -2.36. The number of anilines is 3. The molecule has 0 fully saturated rings. The molecule has 3 heterocycles. The lowest BCUT2D eigenvalue weighted by molar-refractivity contribution is 0.234. The van der Waals surface area contributed by atoms with Crippen LogP contribution < -0.4 is 20.9 Å². The molecular formula is C35H44N10O2. The van der Waals surface area contributed by atoms with Crippen LogP contribution in [0.2, 0.25) is 0 Å². The van der Waals surface area contributed by atoms with Crippen LogP contribution >= 0.6 is 0 Å². The summed E-state index contributed by atoms with van der Waals surface area (Å²) in [6.07, 6.45) is 15.0. The van der Waals surface area contributed by atoms with Gasteiger partial charge in [0, 0.05) is 49.4 Å². The molecule has 0 saturated heterocycles. The smallest absolute Gasteiger partial charge is 0.327 e. The molecule has 3 aromatic heterocycles. The number of amides is 2. The Balaban J connectivity index is 1.41. The van der Waals surface area contributed by atoms with E-state index in [9.17, 15) is 15.2 Å². The predicted octanol–water partition coefficient (Wildman–Crippen LogP) is 6.01. The van der Waals surface area contributed by atoms with Gasteiger partial charge in [0.1, 0.15) is 23.3 Å². The molecule has 246 valence electrons. The maximum atomic E-state index is 13.4. The molecule has 12 heteroatoms. The highest BCUT2D eigenvalue weighted by molar-refractivity contribution is 5.92. The Bertz CT molecular complexity index is 1650. The van der Waals surface area contributed by atoms with Crippen molar-refractivity contribution in [3.05, 3.63) is 90.7 Å². The van der Waals surface area contributed by atoms with Gasteiger partial charge in [0.05, 0.1) is 24.5 Å². The summed E-state index contributed by atoms with van der Waals surface area (Å²) in [5, 5.41) is 33.0. The van der Waals surface area contributed by atoms with Crippen molar-refractivity contribution in [2.24, 2.45) is 7.05 Å². The molecule has 0 radical (unpaired) electrons. The molecule has 47 heavy (non-hydrogen) atoms. The Morgan fingerprint density at radius 3 is 2.57 bits per heavy atom. The average molecular weight is 637 g/mol. The summed E-state index contributed by atoms with van der Waals surface area (Å²) in [4.78, 5) is 28.4. The monoisotopic (exact) mass is 636 g/mol. The number of aromatic nitrogens is 5. The van der Waals surface area contributed by atoms with E-state index in [1.54, 1.807) is 23.3 Å². The van der Waals surface area contributed by atoms with Crippen LogP contribution in [-0.4, -0.2) is 54.1 Å². The third-order valence-electron chi connectivity index (χ3n) is 7.45. The molecule has 4 aromatic rings. The SMILES string of the molecule is CCC[C@H](CCC/C=C/N(C(=O)NCc1ccccc1)c1ccc(-c2cnn(C)c2)cn1)Nc1ncc(C#N)c(NC(C)(C)CO)n1. The fourth-order valence-electron chi connectivity index (χ4n) is 4.85. The van der Waals surface area contributed by atoms with Crippen molar-refractivity contribution in [1.29, 1.82) is 5.26 Å². The minimum Gasteiger partial charge on any atom is -0.394 e. The Morgan fingerprint density at radius 1 is 1.11 bits per heavy atom. The quantitative estimate of drug-likeness (QED) is 0.108. The van der Waals surface area contributed by atoms with Gasteiger partial charge in [-0.25, -0.2) is 14.8 Å². The van der Waals surface area contributed by atoms with Gasteiger partial charge in [-0.2, -0.15) is 15.3 Å². The van der Waals surface area contributed by atoms with Gasteiger partial charge < -0.3 is 21.1 Å². The van der Waals surface area contributed by atoms with Crippen molar-refractivity contribution in [3.63, 3.8) is 0 Å². The number of aliphatic hydroxyl groups is 1. The molecule has 0 aliphatic carbocycles. The molecule has 4 N–H and O–H groups in total. The second-order valence-electron chi connectivity index (χ2n) is 12.0. The summed E-state index contributed by atoms with van der Waals surface area (Å²) in [6, 6.07) is 15.5. The van der Waals surface area contributed by atoms with Crippen LogP contribution in [0.15, 0.2) is 79.5 Å². The summed E-state index contributed by atoms with van der Waals surface area (Å²) in [7, 11) is 1.87. The summed E-state index contributed by atoms with van der Waals surface area (Å²) in [5.74, 6) is 1.32. The van der Waals surface area contributed by atoms with Crippen LogP contribution in [0, 0.1) is 11.3 Å². The molecule has 0 spiro atoms. The molecular weight excluding hydrogens is 592 g/mol. The number of nitriles is 1. The molecule has 0 unspecified atom stereocenters. The number of carbonyl (C=O) groups is 1. The van der Waals surface area contributed by atoms with E-state index in [-0.39, 0.29) is 18.7 Å². The molecule has 0 aliphatic rings. The van der Waals surface area contributed by atoms with E-state index in [1.807, 2.05) is 75.6 Å². The first-order valence-electron chi connectivity index (χ1n) is 15.9. The maximum Gasteiger partial charge on any atom is 0.327 e. The average Bonchev–Trinajstić information content (AvgIpc) is 3.52. The van der Waals surface area contributed by atoms with Crippen LogP contribution in [-0.2, 0) is 13.6 Å². The molecule has 4 rings (SSSR count). The largest absolute Gasteiger partial charge is 0.394 e. The number of nitrogens with one attached hydrogen (secondary N) is 3. The number of aryl methyl sites for hydroxylation is 1. The van der Waals surface area contributed by atoms with Gasteiger partial charge in [-0.1, -0.05) is 49.8 Å². The Morgan fingerprint density at radius 2 is 1.91 bits per heavy atom. The van der Waals surface area contributed by atoms with Crippen LogP contribution in [0.3, 0.4) is 0 Å². The number of nitrogens with zero attached hydrogens (tertiary/aromatic N) is 7. The number of aliphatic hydroxyl groups excluding tert-OH is 1. The van der Waals surface area contributed by atoms with E-state index in [1.165, 1.54) is 11.1 Å². The van der Waals surface area contributed by atoms with Crippen molar-refractivity contribution in [2.75, 3.05) is 22.1 Å². The van der Waals surface area contributed by atoms with E-state index in [4.69, 9.17) is 0 Å². The minimum absolute atomic E-state index is 0.116. The van der Waals surface area contributed by atoms with Gasteiger partial charge >= 0.3 is 6.03 Å². The molecule has 0 aliphatic heterocycles. The number of carbonyl (C=O) groups excluding carboxylic acids is 1.